The van der Waals surface area contributed by atoms with Crippen LogP contribution in [0.5, 0.6) is 0 Å². The van der Waals surface area contributed by atoms with Crippen LogP contribution in [0.25, 0.3) is 0 Å². The summed E-state index contributed by atoms with van der Waals surface area (Å²) >= 11 is 4.32. The van der Waals surface area contributed by atoms with Crippen LogP contribution in [-0.2, 0) is 9.53 Å². The Morgan fingerprint density at radius 3 is 2.65 bits per heavy atom. The lowest BCUT2D eigenvalue weighted by Gasteiger charge is -2.06. The summed E-state index contributed by atoms with van der Waals surface area (Å²) in [7, 11) is 0. The summed E-state index contributed by atoms with van der Waals surface area (Å²) in [5.41, 5.74) is -0.276. The largest absolute Gasteiger partial charge is 0.460 e. The molecule has 0 aromatic heterocycles. The minimum atomic E-state index is -1.04. The minimum absolute atomic E-state index is 0.0789. The summed E-state index contributed by atoms with van der Waals surface area (Å²) in [5.74, 6) is -2.71. The molecule has 1 aromatic carbocycles. The summed E-state index contributed by atoms with van der Waals surface area (Å²) in [6, 6.07) is 2.82. The van der Waals surface area contributed by atoms with Gasteiger partial charge in [0.05, 0.1) is 12.2 Å². The van der Waals surface area contributed by atoms with Crippen LogP contribution < -0.4 is 0 Å². The fourth-order valence-electron chi connectivity index (χ4n) is 1.18. The van der Waals surface area contributed by atoms with E-state index < -0.39 is 17.6 Å². The molecule has 0 aliphatic carbocycles. The Morgan fingerprint density at radius 2 is 2.12 bits per heavy atom. The third kappa shape index (κ3) is 3.29. The number of ketones is 1. The van der Waals surface area contributed by atoms with Gasteiger partial charge >= 0.3 is 5.97 Å². The molecule has 92 valence electrons. The van der Waals surface area contributed by atoms with Gasteiger partial charge in [0.1, 0.15) is 5.82 Å². The maximum absolute atomic E-state index is 13.8. The van der Waals surface area contributed by atoms with Crippen molar-refractivity contribution < 1.29 is 18.7 Å². The number of carbonyl (C=O) groups excluding carboxylic acids is 2. The predicted octanol–water partition coefficient (Wildman–Crippen LogP) is 3.06. The molecule has 0 bridgehead atoms. The fourth-order valence-corrected chi connectivity index (χ4v) is 2.33. The molecule has 0 fully saturated rings. The maximum Gasteiger partial charge on any atom is 0.379 e. The molecule has 0 aliphatic heterocycles. The number of carbonyl (C=O) groups is 2. The monoisotopic (exact) mass is 320 g/mol. The predicted molar refractivity (Wildman–Crippen MR) is 66.8 cm³/mol. The third-order valence-electron chi connectivity index (χ3n) is 1.93. The van der Waals surface area contributed by atoms with Gasteiger partial charge in [-0.15, -0.1) is 11.8 Å². The van der Waals surface area contributed by atoms with Crippen LogP contribution in [0.3, 0.4) is 0 Å². The maximum atomic E-state index is 13.8. The molecular weight excluding hydrogens is 311 g/mol. The van der Waals surface area contributed by atoms with Crippen molar-refractivity contribution >= 4 is 39.4 Å². The molecule has 0 heterocycles. The van der Waals surface area contributed by atoms with E-state index in [0.717, 1.165) is 11.8 Å². The lowest BCUT2D eigenvalue weighted by Crippen LogP contribution is -2.19. The van der Waals surface area contributed by atoms with Crippen LogP contribution in [0.15, 0.2) is 21.5 Å². The van der Waals surface area contributed by atoms with E-state index in [1.54, 1.807) is 19.2 Å². The van der Waals surface area contributed by atoms with Crippen molar-refractivity contribution in [1.29, 1.82) is 0 Å². The quantitative estimate of drug-likeness (QED) is 0.370. The Kier molecular flexibility index (Phi) is 5.14. The minimum Gasteiger partial charge on any atom is -0.460 e. The van der Waals surface area contributed by atoms with Gasteiger partial charge in [0.15, 0.2) is 0 Å². The van der Waals surface area contributed by atoms with Crippen molar-refractivity contribution in [3.63, 3.8) is 0 Å². The number of rotatable bonds is 4. The molecule has 0 saturated heterocycles. The van der Waals surface area contributed by atoms with E-state index in [-0.39, 0.29) is 12.2 Å². The summed E-state index contributed by atoms with van der Waals surface area (Å²) in [6.07, 6.45) is 1.68. The van der Waals surface area contributed by atoms with E-state index in [4.69, 9.17) is 0 Å². The van der Waals surface area contributed by atoms with Crippen molar-refractivity contribution in [2.45, 2.75) is 11.8 Å². The van der Waals surface area contributed by atoms with Crippen molar-refractivity contribution in [3.8, 4) is 0 Å². The second-order valence-corrected chi connectivity index (χ2v) is 4.78. The molecule has 0 aliphatic rings. The summed E-state index contributed by atoms with van der Waals surface area (Å²) in [6.45, 7) is 1.66. The Bertz CT molecular complexity index is 462. The number of hydrogen-bond donors (Lipinski definition) is 0. The molecule has 0 spiro atoms. The zero-order valence-corrected chi connectivity index (χ0v) is 11.7. The van der Waals surface area contributed by atoms with Gasteiger partial charge in [0.25, 0.3) is 5.78 Å². The average molecular weight is 321 g/mol. The second kappa shape index (κ2) is 6.16. The number of esters is 1. The zero-order chi connectivity index (χ0) is 13.0. The Balaban J connectivity index is 3.17. The van der Waals surface area contributed by atoms with Gasteiger partial charge in [-0.2, -0.15) is 0 Å². The first-order chi connectivity index (χ1) is 8.01. The van der Waals surface area contributed by atoms with Crippen LogP contribution in [0, 0.1) is 5.82 Å². The van der Waals surface area contributed by atoms with E-state index >= 15 is 0 Å². The van der Waals surface area contributed by atoms with Gasteiger partial charge in [0.2, 0.25) is 0 Å². The van der Waals surface area contributed by atoms with Crippen LogP contribution in [-0.4, -0.2) is 24.6 Å². The summed E-state index contributed by atoms with van der Waals surface area (Å²) < 4.78 is 18.9. The molecule has 0 amide bonds. The summed E-state index contributed by atoms with van der Waals surface area (Å²) in [5, 5.41) is 0. The third-order valence-corrected chi connectivity index (χ3v) is 3.12. The van der Waals surface area contributed by atoms with Crippen molar-refractivity contribution in [3.05, 3.63) is 28.0 Å². The van der Waals surface area contributed by atoms with E-state index in [2.05, 4.69) is 20.7 Å². The zero-order valence-electron chi connectivity index (χ0n) is 9.25. The van der Waals surface area contributed by atoms with E-state index in [1.165, 1.54) is 6.07 Å². The number of halogens is 2. The number of ether oxygens (including phenoxy) is 1. The Hall–Kier alpha value is -0.880. The van der Waals surface area contributed by atoms with Gasteiger partial charge < -0.3 is 4.74 Å². The van der Waals surface area contributed by atoms with Gasteiger partial charge in [-0.1, -0.05) is 15.9 Å². The molecule has 0 unspecified atom stereocenters. The summed E-state index contributed by atoms with van der Waals surface area (Å²) in [4.78, 5) is 23.2. The first kappa shape index (κ1) is 14.2. The fraction of sp³-hybridized carbons (Fsp3) is 0.273. The lowest BCUT2D eigenvalue weighted by molar-refractivity contribution is -0.137. The molecule has 1 aromatic rings. The normalized spacial score (nSPS) is 10.1. The van der Waals surface area contributed by atoms with Crippen LogP contribution in [0.4, 0.5) is 4.39 Å². The van der Waals surface area contributed by atoms with Gasteiger partial charge in [-0.3, -0.25) is 4.79 Å². The molecule has 0 N–H and O–H groups in total. The van der Waals surface area contributed by atoms with Crippen LogP contribution in [0.1, 0.15) is 17.3 Å². The average Bonchev–Trinajstić information content (AvgIpc) is 2.31. The Labute approximate surface area is 111 Å². The topological polar surface area (TPSA) is 43.4 Å². The van der Waals surface area contributed by atoms with E-state index in [9.17, 15) is 14.0 Å². The highest BCUT2D eigenvalue weighted by molar-refractivity contribution is 9.10. The molecule has 0 saturated carbocycles. The van der Waals surface area contributed by atoms with Crippen LogP contribution >= 0.6 is 27.7 Å². The van der Waals surface area contributed by atoms with E-state index in [0.29, 0.717) is 9.37 Å². The molecule has 6 heteroatoms. The highest BCUT2D eigenvalue weighted by Crippen LogP contribution is 2.27. The first-order valence-corrected chi connectivity index (χ1v) is 6.77. The van der Waals surface area contributed by atoms with Crippen molar-refractivity contribution in [1.82, 2.24) is 0 Å². The highest BCUT2D eigenvalue weighted by Gasteiger charge is 2.23. The van der Waals surface area contributed by atoms with Gasteiger partial charge in [-0.25, -0.2) is 9.18 Å². The number of thioether (sulfide) groups is 1. The van der Waals surface area contributed by atoms with E-state index in [1.807, 2.05) is 0 Å². The van der Waals surface area contributed by atoms with Crippen molar-refractivity contribution in [2.24, 2.45) is 0 Å². The van der Waals surface area contributed by atoms with Gasteiger partial charge in [0, 0.05) is 9.37 Å². The SMILES string of the molecule is CCOC(=O)C(=O)c1cc(Br)cc(SC)c1F. The molecule has 0 radical (unpaired) electrons. The molecular formula is C11H10BrFO3S. The smallest absolute Gasteiger partial charge is 0.379 e. The second-order valence-electron chi connectivity index (χ2n) is 3.02. The number of benzene rings is 1. The van der Waals surface area contributed by atoms with Gasteiger partial charge in [-0.05, 0) is 25.3 Å². The first-order valence-electron chi connectivity index (χ1n) is 4.75. The molecule has 0 atom stereocenters. The van der Waals surface area contributed by atoms with Crippen molar-refractivity contribution in [2.75, 3.05) is 12.9 Å². The highest BCUT2D eigenvalue weighted by atomic mass is 79.9. The van der Waals surface area contributed by atoms with Crippen LogP contribution in [0.2, 0.25) is 0 Å². The Morgan fingerprint density at radius 1 is 1.47 bits per heavy atom. The lowest BCUT2D eigenvalue weighted by atomic mass is 10.1. The number of hydrogen-bond acceptors (Lipinski definition) is 4. The molecule has 17 heavy (non-hydrogen) atoms. The molecule has 1 rings (SSSR count). The molecule has 3 nitrogen and oxygen atoms in total. The number of Topliss-reactive ketones (excluding diaryl/α,β-unsaturated/α-hetero) is 1. The standard InChI is InChI=1S/C11H10BrFO3S/c1-3-16-11(15)10(14)7-4-6(12)5-8(17-2)9(7)13/h4-5H,3H2,1-2H3.